The second kappa shape index (κ2) is 7.59. The molecule has 1 aliphatic heterocycles. The van der Waals surface area contributed by atoms with Crippen molar-refractivity contribution in [1.82, 2.24) is 10.2 Å². The van der Waals surface area contributed by atoms with E-state index in [9.17, 15) is 0 Å². The van der Waals surface area contributed by atoms with Crippen LogP contribution in [0.3, 0.4) is 0 Å². The first-order valence-corrected chi connectivity index (χ1v) is 7.34. The summed E-state index contributed by atoms with van der Waals surface area (Å²) in [4.78, 5) is 2.60. The highest BCUT2D eigenvalue weighted by Crippen LogP contribution is 2.19. The molecule has 1 unspecified atom stereocenters. The summed E-state index contributed by atoms with van der Waals surface area (Å²) in [6, 6.07) is 3.96. The van der Waals surface area contributed by atoms with Crippen LogP contribution in [0.1, 0.15) is 38.4 Å². The van der Waals surface area contributed by atoms with Crippen LogP contribution in [0.2, 0.25) is 0 Å². The monoisotopic (exact) mass is 250 g/mol. The third-order valence-electron chi connectivity index (χ3n) is 4.00. The van der Waals surface area contributed by atoms with Crippen molar-refractivity contribution in [2.24, 2.45) is 5.92 Å². The molecular formula is C15H26N2O. The average molecular weight is 250 g/mol. The zero-order chi connectivity index (χ0) is 12.6. The first-order valence-electron chi connectivity index (χ1n) is 7.34. The van der Waals surface area contributed by atoms with E-state index in [1.165, 1.54) is 38.8 Å². The summed E-state index contributed by atoms with van der Waals surface area (Å²) in [6.07, 6.45) is 7.26. The maximum absolute atomic E-state index is 5.30. The summed E-state index contributed by atoms with van der Waals surface area (Å²) in [6.45, 7) is 7.94. The lowest BCUT2D eigenvalue weighted by Gasteiger charge is -2.20. The third kappa shape index (κ3) is 4.46. The second-order valence-electron chi connectivity index (χ2n) is 5.30. The van der Waals surface area contributed by atoms with Crippen molar-refractivity contribution in [1.29, 1.82) is 0 Å². The van der Waals surface area contributed by atoms with Crippen LogP contribution in [-0.2, 0) is 6.54 Å². The lowest BCUT2D eigenvalue weighted by molar-refractivity contribution is 0.278. The van der Waals surface area contributed by atoms with Crippen LogP contribution in [0.5, 0.6) is 0 Å². The minimum absolute atomic E-state index is 0.846. The number of nitrogens with zero attached hydrogens (tertiary/aromatic N) is 1. The zero-order valence-corrected chi connectivity index (χ0v) is 11.5. The minimum atomic E-state index is 0.846. The highest BCUT2D eigenvalue weighted by atomic mass is 16.3. The lowest BCUT2D eigenvalue weighted by atomic mass is 9.98. The Morgan fingerprint density at radius 1 is 1.39 bits per heavy atom. The van der Waals surface area contributed by atoms with Crippen molar-refractivity contribution in [2.75, 3.05) is 26.2 Å². The van der Waals surface area contributed by atoms with Gasteiger partial charge in [0.2, 0.25) is 0 Å². The third-order valence-corrected chi connectivity index (χ3v) is 4.00. The minimum Gasteiger partial charge on any atom is -0.468 e. The standard InChI is InChI=1S/C15H26N2O/c1-2-14-5-3-9-17(10-7-14)11-8-16-13-15-6-4-12-18-15/h4,6,12,14,16H,2-3,5,7-11,13H2,1H3. The quantitative estimate of drug-likeness (QED) is 0.787. The van der Waals surface area contributed by atoms with Gasteiger partial charge in [-0.2, -0.15) is 0 Å². The number of nitrogens with one attached hydrogen (secondary N) is 1. The Balaban J connectivity index is 1.58. The maximum Gasteiger partial charge on any atom is 0.117 e. The molecule has 3 heteroatoms. The van der Waals surface area contributed by atoms with E-state index in [4.69, 9.17) is 4.42 Å². The summed E-state index contributed by atoms with van der Waals surface area (Å²) in [5.41, 5.74) is 0. The summed E-state index contributed by atoms with van der Waals surface area (Å²) in [7, 11) is 0. The molecule has 1 saturated heterocycles. The lowest BCUT2D eigenvalue weighted by Crippen LogP contribution is -2.32. The summed E-state index contributed by atoms with van der Waals surface area (Å²) in [5.74, 6) is 1.99. The molecule has 102 valence electrons. The molecule has 18 heavy (non-hydrogen) atoms. The van der Waals surface area contributed by atoms with Crippen LogP contribution < -0.4 is 5.32 Å². The summed E-state index contributed by atoms with van der Waals surface area (Å²) >= 11 is 0. The van der Waals surface area contributed by atoms with Gasteiger partial charge in [-0.05, 0) is 50.4 Å². The molecule has 2 rings (SSSR count). The molecule has 1 fully saturated rings. The largest absolute Gasteiger partial charge is 0.468 e. The molecule has 1 aromatic rings. The van der Waals surface area contributed by atoms with E-state index in [0.717, 1.165) is 31.3 Å². The molecule has 0 aromatic carbocycles. The van der Waals surface area contributed by atoms with E-state index in [1.54, 1.807) is 6.26 Å². The van der Waals surface area contributed by atoms with E-state index in [-0.39, 0.29) is 0 Å². The predicted octanol–water partition coefficient (Wildman–Crippen LogP) is 2.88. The fraction of sp³-hybridized carbons (Fsp3) is 0.733. The van der Waals surface area contributed by atoms with Gasteiger partial charge in [0.05, 0.1) is 12.8 Å². The van der Waals surface area contributed by atoms with Crippen LogP contribution in [-0.4, -0.2) is 31.1 Å². The Kier molecular flexibility index (Phi) is 5.75. The maximum atomic E-state index is 5.30. The van der Waals surface area contributed by atoms with Gasteiger partial charge < -0.3 is 14.6 Å². The first kappa shape index (κ1) is 13.6. The highest BCUT2D eigenvalue weighted by Gasteiger charge is 2.14. The first-order chi connectivity index (χ1) is 8.88. The Hall–Kier alpha value is -0.800. The summed E-state index contributed by atoms with van der Waals surface area (Å²) in [5, 5.41) is 3.45. The molecule has 0 amide bonds. The number of hydrogen-bond donors (Lipinski definition) is 1. The zero-order valence-electron chi connectivity index (χ0n) is 11.5. The Morgan fingerprint density at radius 3 is 3.11 bits per heavy atom. The molecule has 3 nitrogen and oxygen atoms in total. The molecule has 2 heterocycles. The Labute approximate surface area is 111 Å². The van der Waals surface area contributed by atoms with Crippen molar-refractivity contribution in [3.63, 3.8) is 0 Å². The molecule has 0 aliphatic carbocycles. The van der Waals surface area contributed by atoms with Gasteiger partial charge in [-0.15, -0.1) is 0 Å². The van der Waals surface area contributed by atoms with E-state index >= 15 is 0 Å². The normalized spacial score (nSPS) is 21.9. The Morgan fingerprint density at radius 2 is 2.33 bits per heavy atom. The van der Waals surface area contributed by atoms with Gasteiger partial charge in [-0.25, -0.2) is 0 Å². The van der Waals surface area contributed by atoms with E-state index < -0.39 is 0 Å². The smallest absolute Gasteiger partial charge is 0.117 e. The topological polar surface area (TPSA) is 28.4 Å². The molecule has 0 spiro atoms. The number of rotatable bonds is 6. The van der Waals surface area contributed by atoms with Crippen LogP contribution in [0.4, 0.5) is 0 Å². The SMILES string of the molecule is CCC1CCCN(CCNCc2ccco2)CC1. The molecule has 1 N–H and O–H groups in total. The van der Waals surface area contributed by atoms with Gasteiger partial charge in [0.1, 0.15) is 5.76 Å². The fourth-order valence-corrected chi connectivity index (χ4v) is 2.72. The number of likely N-dealkylation sites (tertiary alicyclic amines) is 1. The highest BCUT2D eigenvalue weighted by molar-refractivity contribution is 4.97. The Bertz CT molecular complexity index is 310. The van der Waals surface area contributed by atoms with Gasteiger partial charge in [-0.3, -0.25) is 0 Å². The van der Waals surface area contributed by atoms with E-state index in [2.05, 4.69) is 17.1 Å². The van der Waals surface area contributed by atoms with Crippen molar-refractivity contribution < 1.29 is 4.42 Å². The van der Waals surface area contributed by atoms with E-state index in [1.807, 2.05) is 12.1 Å². The summed E-state index contributed by atoms with van der Waals surface area (Å²) < 4.78 is 5.30. The van der Waals surface area contributed by atoms with Crippen molar-refractivity contribution in [3.05, 3.63) is 24.2 Å². The van der Waals surface area contributed by atoms with E-state index in [0.29, 0.717) is 0 Å². The average Bonchev–Trinajstić information content (AvgIpc) is 2.80. The number of furan rings is 1. The van der Waals surface area contributed by atoms with Crippen LogP contribution in [0, 0.1) is 5.92 Å². The van der Waals surface area contributed by atoms with Gasteiger partial charge in [0, 0.05) is 13.1 Å². The van der Waals surface area contributed by atoms with Crippen molar-refractivity contribution in [2.45, 2.75) is 39.2 Å². The van der Waals surface area contributed by atoms with Crippen LogP contribution in [0.25, 0.3) is 0 Å². The molecule has 1 aliphatic rings. The molecule has 0 radical (unpaired) electrons. The molecule has 0 saturated carbocycles. The van der Waals surface area contributed by atoms with Gasteiger partial charge in [0.25, 0.3) is 0 Å². The van der Waals surface area contributed by atoms with Crippen molar-refractivity contribution in [3.8, 4) is 0 Å². The predicted molar refractivity (Wildman–Crippen MR) is 74.5 cm³/mol. The molecular weight excluding hydrogens is 224 g/mol. The van der Waals surface area contributed by atoms with Gasteiger partial charge >= 0.3 is 0 Å². The van der Waals surface area contributed by atoms with Gasteiger partial charge in [0.15, 0.2) is 0 Å². The number of hydrogen-bond acceptors (Lipinski definition) is 3. The fourth-order valence-electron chi connectivity index (χ4n) is 2.72. The van der Waals surface area contributed by atoms with Crippen LogP contribution >= 0.6 is 0 Å². The van der Waals surface area contributed by atoms with Gasteiger partial charge in [-0.1, -0.05) is 13.3 Å². The van der Waals surface area contributed by atoms with Crippen molar-refractivity contribution >= 4 is 0 Å². The second-order valence-corrected chi connectivity index (χ2v) is 5.30. The van der Waals surface area contributed by atoms with Crippen LogP contribution in [0.15, 0.2) is 22.8 Å². The molecule has 0 bridgehead atoms. The molecule has 1 aromatic heterocycles. The molecule has 1 atom stereocenters.